The van der Waals surface area contributed by atoms with Crippen LogP contribution in [-0.2, 0) is 10.3 Å². The van der Waals surface area contributed by atoms with E-state index in [0.29, 0.717) is 17.0 Å². The number of carboxylic acids is 1. The number of hydrogen-bond acceptors (Lipinski definition) is 5. The van der Waals surface area contributed by atoms with Crippen molar-refractivity contribution in [2.45, 2.75) is 38.6 Å². The Morgan fingerprint density at radius 2 is 2.12 bits per heavy atom. The molecule has 0 bridgehead atoms. The van der Waals surface area contributed by atoms with E-state index in [1.165, 1.54) is 18.4 Å². The predicted octanol–water partition coefficient (Wildman–Crippen LogP) is 3.40. The summed E-state index contributed by atoms with van der Waals surface area (Å²) in [7, 11) is 1.54. The van der Waals surface area contributed by atoms with Gasteiger partial charge >= 0.3 is 5.97 Å². The first-order valence-electron chi connectivity index (χ1n) is 7.89. The summed E-state index contributed by atoms with van der Waals surface area (Å²) < 4.78 is 5.20. The van der Waals surface area contributed by atoms with E-state index >= 15 is 0 Å². The van der Waals surface area contributed by atoms with E-state index in [1.807, 2.05) is 13.8 Å². The van der Waals surface area contributed by atoms with Crippen molar-refractivity contribution in [1.29, 1.82) is 0 Å². The molecule has 25 heavy (non-hydrogen) atoms. The Bertz CT molecular complexity index is 772. The number of hydrogen-bond donors (Lipinski definition) is 2. The summed E-state index contributed by atoms with van der Waals surface area (Å²) in [5, 5.41) is 14.7. The van der Waals surface area contributed by atoms with Gasteiger partial charge in [-0.2, -0.15) is 0 Å². The normalized spacial score (nSPS) is 13.3. The first kappa shape index (κ1) is 18.9. The molecule has 0 saturated heterocycles. The quantitative estimate of drug-likeness (QED) is 0.788. The minimum atomic E-state index is -1.08. The zero-order chi connectivity index (χ0) is 18.6. The third kappa shape index (κ3) is 4.57. The summed E-state index contributed by atoms with van der Waals surface area (Å²) in [4.78, 5) is 28.3. The molecule has 2 rings (SSSR count). The topological polar surface area (TPSA) is 88.5 Å². The van der Waals surface area contributed by atoms with Crippen molar-refractivity contribution >= 4 is 23.2 Å². The number of nitrogens with zero attached hydrogens (tertiary/aromatic N) is 1. The molecule has 134 valence electrons. The number of aromatic nitrogens is 1. The molecule has 1 aromatic heterocycles. The number of carboxylic acid groups (broad SMARTS) is 1. The number of methoxy groups -OCH3 is 1. The number of aliphatic carboxylic acids is 1. The number of amides is 1. The molecule has 0 aliphatic heterocycles. The van der Waals surface area contributed by atoms with E-state index in [2.05, 4.69) is 10.3 Å². The smallest absolute Gasteiger partial charge is 0.306 e. The van der Waals surface area contributed by atoms with Gasteiger partial charge in [0.15, 0.2) is 0 Å². The number of benzene rings is 1. The summed E-state index contributed by atoms with van der Waals surface area (Å²) in [6.45, 7) is 5.69. The molecule has 0 radical (unpaired) electrons. The Hall–Kier alpha value is -2.41. The second-order valence-electron chi connectivity index (χ2n) is 6.31. The molecule has 1 unspecified atom stereocenters. The maximum atomic E-state index is 12.6. The fourth-order valence-corrected chi connectivity index (χ4v) is 3.27. The molecule has 1 amide bonds. The largest absolute Gasteiger partial charge is 0.497 e. The standard InChI is InChI=1S/C18H22N2O4S/c1-11(2)17-19-14(10-25-17)16(23)20-18(3,9-15(21)22)12-6-5-7-13(8-12)24-4/h5-8,10-11H,9H2,1-4H3,(H,20,23)(H,21,22). The SMILES string of the molecule is COc1cccc(C(C)(CC(=O)O)NC(=O)c2csc(C(C)C)n2)c1. The highest BCUT2D eigenvalue weighted by Gasteiger charge is 2.33. The van der Waals surface area contributed by atoms with Gasteiger partial charge in [-0.15, -0.1) is 11.3 Å². The molecule has 0 fully saturated rings. The Kier molecular flexibility index (Phi) is 5.79. The van der Waals surface area contributed by atoms with Crippen molar-refractivity contribution in [3.8, 4) is 5.75 Å². The zero-order valence-corrected chi connectivity index (χ0v) is 15.5. The lowest BCUT2D eigenvalue weighted by Crippen LogP contribution is -2.45. The summed E-state index contributed by atoms with van der Waals surface area (Å²) in [5.74, 6) is -0.573. The summed E-state index contributed by atoms with van der Waals surface area (Å²) in [6.07, 6.45) is -0.257. The number of carbonyl (C=O) groups is 2. The number of thiazole rings is 1. The first-order valence-corrected chi connectivity index (χ1v) is 8.77. The highest BCUT2D eigenvalue weighted by molar-refractivity contribution is 7.09. The molecule has 0 spiro atoms. The van der Waals surface area contributed by atoms with Crippen LogP contribution in [0.25, 0.3) is 0 Å². The van der Waals surface area contributed by atoms with Crippen LogP contribution in [-0.4, -0.2) is 29.1 Å². The van der Waals surface area contributed by atoms with Crippen LogP contribution in [0, 0.1) is 0 Å². The molecular formula is C18H22N2O4S. The molecule has 2 aromatic rings. The van der Waals surface area contributed by atoms with E-state index in [1.54, 1.807) is 36.6 Å². The van der Waals surface area contributed by atoms with Crippen LogP contribution < -0.4 is 10.1 Å². The van der Waals surface area contributed by atoms with Crippen LogP contribution >= 0.6 is 11.3 Å². The van der Waals surface area contributed by atoms with Gasteiger partial charge in [-0.1, -0.05) is 26.0 Å². The van der Waals surface area contributed by atoms with Crippen molar-refractivity contribution in [1.82, 2.24) is 10.3 Å². The number of rotatable bonds is 7. The average Bonchev–Trinajstić information content (AvgIpc) is 3.04. The highest BCUT2D eigenvalue weighted by atomic mass is 32.1. The lowest BCUT2D eigenvalue weighted by atomic mass is 9.88. The molecule has 7 heteroatoms. The van der Waals surface area contributed by atoms with E-state index < -0.39 is 17.4 Å². The van der Waals surface area contributed by atoms with Crippen LogP contribution in [0.3, 0.4) is 0 Å². The summed E-state index contributed by atoms with van der Waals surface area (Å²) in [6, 6.07) is 7.03. The molecule has 6 nitrogen and oxygen atoms in total. The highest BCUT2D eigenvalue weighted by Crippen LogP contribution is 2.29. The monoisotopic (exact) mass is 362 g/mol. The van der Waals surface area contributed by atoms with E-state index in [-0.39, 0.29) is 12.3 Å². The van der Waals surface area contributed by atoms with Crippen LogP contribution in [0.1, 0.15) is 54.2 Å². The van der Waals surface area contributed by atoms with Gasteiger partial charge in [0, 0.05) is 11.3 Å². The Morgan fingerprint density at radius 3 is 2.68 bits per heavy atom. The Balaban J connectivity index is 2.32. The molecule has 0 aliphatic carbocycles. The third-order valence-electron chi connectivity index (χ3n) is 3.85. The molecule has 1 atom stereocenters. The minimum Gasteiger partial charge on any atom is -0.497 e. The molecule has 1 heterocycles. The molecular weight excluding hydrogens is 340 g/mol. The van der Waals surface area contributed by atoms with Gasteiger partial charge in [0.25, 0.3) is 5.91 Å². The van der Waals surface area contributed by atoms with Gasteiger partial charge in [0.05, 0.1) is 24.1 Å². The van der Waals surface area contributed by atoms with Crippen LogP contribution in [0.5, 0.6) is 5.75 Å². The minimum absolute atomic E-state index is 0.232. The van der Waals surface area contributed by atoms with E-state index in [9.17, 15) is 14.7 Å². The third-order valence-corrected chi connectivity index (χ3v) is 4.99. The van der Waals surface area contributed by atoms with Crippen molar-refractivity contribution in [3.05, 3.63) is 45.9 Å². The lowest BCUT2D eigenvalue weighted by Gasteiger charge is -2.30. The Morgan fingerprint density at radius 1 is 1.40 bits per heavy atom. The van der Waals surface area contributed by atoms with Crippen LogP contribution in [0.15, 0.2) is 29.6 Å². The molecule has 2 N–H and O–H groups in total. The van der Waals surface area contributed by atoms with Crippen molar-refractivity contribution < 1.29 is 19.4 Å². The van der Waals surface area contributed by atoms with Gasteiger partial charge in [-0.3, -0.25) is 9.59 Å². The van der Waals surface area contributed by atoms with Gasteiger partial charge in [0.2, 0.25) is 0 Å². The summed E-state index contributed by atoms with van der Waals surface area (Å²) >= 11 is 1.42. The van der Waals surface area contributed by atoms with Gasteiger partial charge in [-0.25, -0.2) is 4.98 Å². The maximum Gasteiger partial charge on any atom is 0.306 e. The Labute approximate surface area is 150 Å². The number of nitrogens with one attached hydrogen (secondary N) is 1. The van der Waals surface area contributed by atoms with Crippen LogP contribution in [0.2, 0.25) is 0 Å². The molecule has 0 aliphatic rings. The summed E-state index contributed by atoms with van der Waals surface area (Å²) in [5.41, 5.74) is -0.130. The van der Waals surface area contributed by atoms with E-state index in [0.717, 1.165) is 5.01 Å². The zero-order valence-electron chi connectivity index (χ0n) is 14.7. The fraction of sp³-hybridized carbons (Fsp3) is 0.389. The second-order valence-corrected chi connectivity index (χ2v) is 7.20. The molecule has 1 aromatic carbocycles. The lowest BCUT2D eigenvalue weighted by molar-refractivity contribution is -0.138. The van der Waals surface area contributed by atoms with Crippen molar-refractivity contribution in [2.75, 3.05) is 7.11 Å². The van der Waals surface area contributed by atoms with Crippen molar-refractivity contribution in [2.24, 2.45) is 0 Å². The average molecular weight is 362 g/mol. The van der Waals surface area contributed by atoms with Gasteiger partial charge < -0.3 is 15.2 Å². The van der Waals surface area contributed by atoms with Gasteiger partial charge in [0.1, 0.15) is 11.4 Å². The van der Waals surface area contributed by atoms with E-state index in [4.69, 9.17) is 4.74 Å². The fourth-order valence-electron chi connectivity index (χ4n) is 2.46. The first-order chi connectivity index (χ1) is 11.7. The van der Waals surface area contributed by atoms with Crippen LogP contribution in [0.4, 0.5) is 0 Å². The number of ether oxygens (including phenoxy) is 1. The van der Waals surface area contributed by atoms with Crippen molar-refractivity contribution in [3.63, 3.8) is 0 Å². The predicted molar refractivity (Wildman–Crippen MR) is 96.3 cm³/mol. The number of carbonyl (C=O) groups excluding carboxylic acids is 1. The molecule has 0 saturated carbocycles. The maximum absolute atomic E-state index is 12.6. The van der Waals surface area contributed by atoms with Gasteiger partial charge in [-0.05, 0) is 24.6 Å². The second kappa shape index (κ2) is 7.65.